The Morgan fingerprint density at radius 1 is 1.04 bits per heavy atom. The molecule has 0 aliphatic rings. The van der Waals surface area contributed by atoms with Crippen molar-refractivity contribution in [1.82, 2.24) is 4.90 Å². The molecule has 3 nitrogen and oxygen atoms in total. The first-order valence-corrected chi connectivity index (χ1v) is 7.78. The van der Waals surface area contributed by atoms with Gasteiger partial charge in [0.2, 0.25) is 0 Å². The topological polar surface area (TPSA) is 29.5 Å². The molecule has 0 heterocycles. The van der Waals surface area contributed by atoms with Gasteiger partial charge in [0.15, 0.2) is 17.2 Å². The molecule has 1 atom stereocenters. The van der Waals surface area contributed by atoms with Gasteiger partial charge < -0.3 is 9.64 Å². The lowest BCUT2D eigenvalue weighted by Gasteiger charge is -2.33. The van der Waals surface area contributed by atoms with Crippen LogP contribution in [0.3, 0.4) is 0 Å². The Kier molecular flexibility index (Phi) is 5.40. The van der Waals surface area contributed by atoms with Gasteiger partial charge in [0.05, 0.1) is 6.04 Å². The van der Waals surface area contributed by atoms with E-state index in [0.29, 0.717) is 11.3 Å². The molecule has 0 fully saturated rings. The molecule has 0 N–H and O–H groups in total. The lowest BCUT2D eigenvalue weighted by atomic mass is 10.0. The van der Waals surface area contributed by atoms with E-state index >= 15 is 0 Å². The third-order valence-corrected chi connectivity index (χ3v) is 4.03. The molecule has 0 bridgehead atoms. The normalized spacial score (nSPS) is 12.6. The summed E-state index contributed by atoms with van der Waals surface area (Å²) in [4.78, 5) is 14.2. The molecule has 6 heteroatoms. The van der Waals surface area contributed by atoms with Crippen molar-refractivity contribution >= 4 is 5.91 Å². The zero-order valence-corrected chi connectivity index (χ0v) is 14.5. The predicted molar refractivity (Wildman–Crippen MR) is 88.7 cm³/mol. The minimum absolute atomic E-state index is 0.353. The van der Waals surface area contributed by atoms with Gasteiger partial charge >= 0.3 is 0 Å². The summed E-state index contributed by atoms with van der Waals surface area (Å²) >= 11 is 0. The van der Waals surface area contributed by atoms with E-state index in [9.17, 15) is 18.0 Å². The highest BCUT2D eigenvalue weighted by Crippen LogP contribution is 2.26. The predicted octanol–water partition coefficient (Wildman–Crippen LogP) is 4.48. The van der Waals surface area contributed by atoms with Gasteiger partial charge in [0.25, 0.3) is 5.91 Å². The van der Waals surface area contributed by atoms with Gasteiger partial charge in [-0.3, -0.25) is 4.79 Å². The summed E-state index contributed by atoms with van der Waals surface area (Å²) in [7, 11) is 1.56. The van der Waals surface area contributed by atoms with Gasteiger partial charge in [-0.05, 0) is 62.7 Å². The molecular weight excluding hydrogens is 331 g/mol. The highest BCUT2D eigenvalue weighted by atomic mass is 19.2. The summed E-state index contributed by atoms with van der Waals surface area (Å²) in [5, 5.41) is 0. The number of amides is 1. The van der Waals surface area contributed by atoms with Gasteiger partial charge in [-0.2, -0.15) is 0 Å². The van der Waals surface area contributed by atoms with Crippen molar-refractivity contribution in [3.8, 4) is 5.75 Å². The highest BCUT2D eigenvalue weighted by molar-refractivity contribution is 5.85. The van der Waals surface area contributed by atoms with E-state index in [1.807, 2.05) is 0 Å². The Balaban J connectivity index is 2.15. The fourth-order valence-electron chi connectivity index (χ4n) is 2.44. The molecule has 0 aliphatic carbocycles. The molecule has 2 aromatic carbocycles. The lowest BCUT2D eigenvalue weighted by molar-refractivity contribution is -0.146. The Hall–Kier alpha value is -2.50. The maximum atomic E-state index is 13.4. The average Bonchev–Trinajstić information content (AvgIpc) is 2.57. The number of ether oxygens (including phenoxy) is 1. The third kappa shape index (κ3) is 4.32. The standard InChI is InChI=1S/C19H20F3NO2/c1-12(13-5-10-16(21)17(22)11-13)23(4)18(24)19(2,3)25-15-8-6-14(20)7-9-15/h5-12H,1-4H3. The van der Waals surface area contributed by atoms with Crippen molar-refractivity contribution < 1.29 is 22.7 Å². The lowest BCUT2D eigenvalue weighted by Crippen LogP contribution is -2.48. The van der Waals surface area contributed by atoms with Gasteiger partial charge in [0, 0.05) is 7.05 Å². The van der Waals surface area contributed by atoms with E-state index in [1.165, 1.54) is 35.2 Å². The number of carbonyl (C=O) groups excluding carboxylic acids is 1. The Morgan fingerprint density at radius 2 is 1.64 bits per heavy atom. The van der Waals surface area contributed by atoms with Crippen LogP contribution in [0.25, 0.3) is 0 Å². The summed E-state index contributed by atoms with van der Waals surface area (Å²) in [5.74, 6) is -2.31. The van der Waals surface area contributed by atoms with Crippen LogP contribution < -0.4 is 4.74 Å². The SMILES string of the molecule is CC(c1ccc(F)c(F)c1)N(C)C(=O)C(C)(C)Oc1ccc(F)cc1. The fraction of sp³-hybridized carbons (Fsp3) is 0.316. The number of nitrogens with zero attached hydrogens (tertiary/aromatic N) is 1. The molecule has 134 valence electrons. The van der Waals surface area contributed by atoms with Gasteiger partial charge in [-0.1, -0.05) is 6.07 Å². The molecule has 0 aliphatic heterocycles. The third-order valence-electron chi connectivity index (χ3n) is 4.03. The van der Waals surface area contributed by atoms with E-state index < -0.39 is 29.1 Å². The molecule has 0 spiro atoms. The van der Waals surface area contributed by atoms with Crippen molar-refractivity contribution in [2.75, 3.05) is 7.05 Å². The van der Waals surface area contributed by atoms with Crippen LogP contribution in [0.4, 0.5) is 13.2 Å². The van der Waals surface area contributed by atoms with Crippen LogP contribution >= 0.6 is 0 Å². The second-order valence-corrected chi connectivity index (χ2v) is 6.33. The van der Waals surface area contributed by atoms with E-state index in [1.54, 1.807) is 27.8 Å². The molecule has 2 rings (SSSR count). The van der Waals surface area contributed by atoms with Crippen LogP contribution in [0.5, 0.6) is 5.75 Å². The Morgan fingerprint density at radius 3 is 2.20 bits per heavy atom. The van der Waals surface area contributed by atoms with E-state index in [4.69, 9.17) is 4.74 Å². The largest absolute Gasteiger partial charge is 0.478 e. The molecule has 1 amide bonds. The molecule has 0 saturated heterocycles. The van der Waals surface area contributed by atoms with Crippen molar-refractivity contribution in [2.45, 2.75) is 32.4 Å². The monoisotopic (exact) mass is 351 g/mol. The first kappa shape index (κ1) is 18.8. The number of halogens is 3. The Bertz CT molecular complexity index is 760. The summed E-state index contributed by atoms with van der Waals surface area (Å²) in [6.45, 7) is 4.89. The van der Waals surface area contributed by atoms with Crippen LogP contribution in [-0.4, -0.2) is 23.5 Å². The minimum atomic E-state index is -1.22. The first-order valence-electron chi connectivity index (χ1n) is 7.78. The molecule has 2 aromatic rings. The number of likely N-dealkylation sites (N-methyl/N-ethyl adjacent to an activating group) is 1. The minimum Gasteiger partial charge on any atom is -0.478 e. The average molecular weight is 351 g/mol. The molecule has 0 radical (unpaired) electrons. The fourth-order valence-corrected chi connectivity index (χ4v) is 2.44. The van der Waals surface area contributed by atoms with E-state index in [-0.39, 0.29) is 5.91 Å². The zero-order valence-electron chi connectivity index (χ0n) is 14.5. The second kappa shape index (κ2) is 7.17. The molecule has 0 aromatic heterocycles. The summed E-state index contributed by atoms with van der Waals surface area (Å²) in [6, 6.07) is 8.38. The number of carbonyl (C=O) groups is 1. The van der Waals surface area contributed by atoms with Crippen molar-refractivity contribution in [2.24, 2.45) is 0 Å². The smallest absolute Gasteiger partial charge is 0.266 e. The molecule has 1 unspecified atom stereocenters. The van der Waals surface area contributed by atoms with Gasteiger partial charge in [-0.15, -0.1) is 0 Å². The number of hydrogen-bond acceptors (Lipinski definition) is 2. The van der Waals surface area contributed by atoms with Crippen LogP contribution in [0.2, 0.25) is 0 Å². The number of rotatable bonds is 5. The van der Waals surface area contributed by atoms with Crippen LogP contribution in [0.1, 0.15) is 32.4 Å². The second-order valence-electron chi connectivity index (χ2n) is 6.33. The van der Waals surface area contributed by atoms with Crippen LogP contribution in [-0.2, 0) is 4.79 Å². The van der Waals surface area contributed by atoms with Gasteiger partial charge in [0.1, 0.15) is 11.6 Å². The van der Waals surface area contributed by atoms with E-state index in [0.717, 1.165) is 12.1 Å². The van der Waals surface area contributed by atoms with Crippen LogP contribution in [0, 0.1) is 17.5 Å². The maximum Gasteiger partial charge on any atom is 0.266 e. The zero-order chi connectivity index (χ0) is 18.8. The van der Waals surface area contributed by atoms with E-state index in [2.05, 4.69) is 0 Å². The summed E-state index contributed by atoms with van der Waals surface area (Å²) in [6.07, 6.45) is 0. The Labute approximate surface area is 145 Å². The maximum absolute atomic E-state index is 13.4. The number of hydrogen-bond donors (Lipinski definition) is 0. The highest BCUT2D eigenvalue weighted by Gasteiger charge is 2.35. The summed E-state index contributed by atoms with van der Waals surface area (Å²) < 4.78 is 45.2. The summed E-state index contributed by atoms with van der Waals surface area (Å²) in [5.41, 5.74) is -0.758. The molecule has 25 heavy (non-hydrogen) atoms. The van der Waals surface area contributed by atoms with Crippen molar-refractivity contribution in [3.63, 3.8) is 0 Å². The quantitative estimate of drug-likeness (QED) is 0.795. The van der Waals surface area contributed by atoms with Crippen molar-refractivity contribution in [3.05, 3.63) is 65.5 Å². The number of benzene rings is 2. The van der Waals surface area contributed by atoms with Gasteiger partial charge in [-0.25, -0.2) is 13.2 Å². The first-order chi connectivity index (χ1) is 11.6. The molecular formula is C19H20F3NO2. The molecule has 0 saturated carbocycles. The van der Waals surface area contributed by atoms with Crippen LogP contribution in [0.15, 0.2) is 42.5 Å². The van der Waals surface area contributed by atoms with Crippen molar-refractivity contribution in [1.29, 1.82) is 0 Å².